The summed E-state index contributed by atoms with van der Waals surface area (Å²) in [5, 5.41) is 8.78. The zero-order chi connectivity index (χ0) is 14.2. The van der Waals surface area contributed by atoms with Crippen molar-refractivity contribution in [2.24, 2.45) is 5.92 Å². The first-order chi connectivity index (χ1) is 8.97. The first-order valence-corrected chi connectivity index (χ1v) is 5.55. The number of benzene rings is 1. The van der Waals surface area contributed by atoms with Gasteiger partial charge in [-0.3, -0.25) is 0 Å². The van der Waals surface area contributed by atoms with Crippen LogP contribution in [0.2, 0.25) is 0 Å². The molecule has 1 aliphatic carbocycles. The molecule has 1 fully saturated rings. The van der Waals surface area contributed by atoms with Gasteiger partial charge in [-0.1, -0.05) is 0 Å². The Morgan fingerprint density at radius 3 is 1.95 bits per heavy atom. The van der Waals surface area contributed by atoms with Crippen LogP contribution in [0.4, 0.5) is 22.0 Å². The topological polar surface area (TPSA) is 33.0 Å². The molecule has 1 aliphatic rings. The molecule has 0 spiro atoms. The summed E-state index contributed by atoms with van der Waals surface area (Å²) in [4.78, 5) is 0. The molecule has 0 radical (unpaired) electrons. The lowest BCUT2D eigenvalue weighted by atomic mass is 10.1. The van der Waals surface area contributed by atoms with E-state index in [9.17, 15) is 22.0 Å². The molecule has 0 heterocycles. The number of halogens is 5. The third-order valence-corrected chi connectivity index (χ3v) is 3.06. The Bertz CT molecular complexity index is 525. The maximum Gasteiger partial charge on any atom is 0.207 e. The van der Waals surface area contributed by atoms with E-state index in [1.54, 1.807) is 0 Å². The number of rotatable bonds is 2. The van der Waals surface area contributed by atoms with Crippen molar-refractivity contribution < 1.29 is 26.7 Å². The van der Waals surface area contributed by atoms with Crippen LogP contribution >= 0.6 is 0 Å². The molecule has 7 heteroatoms. The second kappa shape index (κ2) is 5.03. The molecule has 2 atom stereocenters. The van der Waals surface area contributed by atoms with Crippen LogP contribution in [0.25, 0.3) is 0 Å². The van der Waals surface area contributed by atoms with Gasteiger partial charge in [0.2, 0.25) is 29.1 Å². The van der Waals surface area contributed by atoms with Crippen molar-refractivity contribution in [2.45, 2.75) is 25.4 Å². The Morgan fingerprint density at radius 1 is 0.895 bits per heavy atom. The van der Waals surface area contributed by atoms with E-state index in [-0.39, 0.29) is 0 Å². The maximum atomic E-state index is 13.4. The van der Waals surface area contributed by atoms with Crippen LogP contribution in [0.3, 0.4) is 0 Å². The van der Waals surface area contributed by atoms with Crippen LogP contribution in [0.1, 0.15) is 19.3 Å². The van der Waals surface area contributed by atoms with E-state index in [2.05, 4.69) is 0 Å². The smallest absolute Gasteiger partial charge is 0.207 e. The monoisotopic (exact) mass is 277 g/mol. The minimum Gasteiger partial charge on any atom is -0.483 e. The van der Waals surface area contributed by atoms with Crippen LogP contribution in [0, 0.1) is 46.3 Å². The molecule has 102 valence electrons. The molecule has 2 unspecified atom stereocenters. The average Bonchev–Trinajstić information content (AvgIpc) is 2.86. The van der Waals surface area contributed by atoms with E-state index < -0.39 is 46.9 Å². The number of ether oxygens (including phenoxy) is 1. The van der Waals surface area contributed by atoms with Crippen LogP contribution in [0.15, 0.2) is 0 Å². The van der Waals surface area contributed by atoms with E-state index in [0.29, 0.717) is 19.3 Å². The quantitative estimate of drug-likeness (QED) is 0.471. The van der Waals surface area contributed by atoms with Crippen LogP contribution in [0.5, 0.6) is 5.75 Å². The Labute approximate surface area is 105 Å². The van der Waals surface area contributed by atoms with E-state index in [0.717, 1.165) is 0 Å². The van der Waals surface area contributed by atoms with Gasteiger partial charge in [-0.25, -0.2) is 13.2 Å². The van der Waals surface area contributed by atoms with E-state index in [1.807, 2.05) is 6.07 Å². The summed E-state index contributed by atoms with van der Waals surface area (Å²) >= 11 is 0. The fourth-order valence-electron chi connectivity index (χ4n) is 2.05. The first kappa shape index (κ1) is 13.6. The predicted octanol–water partition coefficient (Wildman–Crippen LogP) is 3.45. The molecule has 0 saturated heterocycles. The summed E-state index contributed by atoms with van der Waals surface area (Å²) in [6.45, 7) is 0. The number of hydrogen-bond donors (Lipinski definition) is 0. The Kier molecular flexibility index (Phi) is 3.60. The standard InChI is InChI=1S/C12H8F5NO/c13-7-8(14)10(16)12(11(17)9(7)15)19-6-3-1-2-5(6)4-18/h5-6H,1-3H2. The fourth-order valence-corrected chi connectivity index (χ4v) is 2.05. The minimum atomic E-state index is -2.23. The molecule has 19 heavy (non-hydrogen) atoms. The molecule has 0 amide bonds. The molecule has 0 aliphatic heterocycles. The lowest BCUT2D eigenvalue weighted by Gasteiger charge is -2.17. The van der Waals surface area contributed by atoms with Crippen molar-refractivity contribution in [2.75, 3.05) is 0 Å². The highest BCUT2D eigenvalue weighted by Crippen LogP contribution is 2.34. The summed E-state index contributed by atoms with van der Waals surface area (Å²) in [6, 6.07) is 1.88. The van der Waals surface area contributed by atoms with Gasteiger partial charge in [0.25, 0.3) is 0 Å². The molecule has 0 N–H and O–H groups in total. The Morgan fingerprint density at radius 2 is 1.42 bits per heavy atom. The van der Waals surface area contributed by atoms with Gasteiger partial charge in [-0.05, 0) is 19.3 Å². The van der Waals surface area contributed by atoms with Crippen molar-refractivity contribution in [3.8, 4) is 11.8 Å². The largest absolute Gasteiger partial charge is 0.483 e. The SMILES string of the molecule is N#CC1CCCC1Oc1c(F)c(F)c(F)c(F)c1F. The van der Waals surface area contributed by atoms with Gasteiger partial charge in [0.1, 0.15) is 6.10 Å². The highest BCUT2D eigenvalue weighted by atomic mass is 19.2. The average molecular weight is 277 g/mol. The highest BCUT2D eigenvalue weighted by molar-refractivity contribution is 5.30. The van der Waals surface area contributed by atoms with Gasteiger partial charge in [-0.2, -0.15) is 14.0 Å². The van der Waals surface area contributed by atoms with Gasteiger partial charge >= 0.3 is 0 Å². The fraction of sp³-hybridized carbons (Fsp3) is 0.417. The van der Waals surface area contributed by atoms with Crippen LogP contribution in [-0.2, 0) is 0 Å². The van der Waals surface area contributed by atoms with Crippen LogP contribution in [-0.4, -0.2) is 6.10 Å². The molecule has 0 bridgehead atoms. The molecule has 1 aromatic rings. The third-order valence-electron chi connectivity index (χ3n) is 3.06. The van der Waals surface area contributed by atoms with Crippen molar-refractivity contribution in [3.05, 3.63) is 29.1 Å². The van der Waals surface area contributed by atoms with Gasteiger partial charge in [0.05, 0.1) is 12.0 Å². The lowest BCUT2D eigenvalue weighted by Crippen LogP contribution is -2.22. The van der Waals surface area contributed by atoms with E-state index >= 15 is 0 Å². The summed E-state index contributed by atoms with van der Waals surface area (Å²) in [5.74, 6) is -12.3. The summed E-state index contributed by atoms with van der Waals surface area (Å²) < 4.78 is 70.3. The molecule has 0 aromatic heterocycles. The van der Waals surface area contributed by atoms with Gasteiger partial charge in [-0.15, -0.1) is 0 Å². The number of hydrogen-bond acceptors (Lipinski definition) is 2. The maximum absolute atomic E-state index is 13.4. The zero-order valence-electron chi connectivity index (χ0n) is 9.52. The van der Waals surface area contributed by atoms with Gasteiger partial charge in [0, 0.05) is 0 Å². The van der Waals surface area contributed by atoms with Crippen molar-refractivity contribution in [3.63, 3.8) is 0 Å². The van der Waals surface area contributed by atoms with E-state index in [1.165, 1.54) is 0 Å². The minimum absolute atomic E-state index is 0.331. The second-order valence-corrected chi connectivity index (χ2v) is 4.22. The number of nitriles is 1. The molecular weight excluding hydrogens is 269 g/mol. The molecular formula is C12H8F5NO. The summed E-state index contributed by atoms with van der Waals surface area (Å²) in [5.41, 5.74) is 0. The zero-order valence-corrected chi connectivity index (χ0v) is 9.52. The highest BCUT2D eigenvalue weighted by Gasteiger charge is 2.33. The summed E-state index contributed by atoms with van der Waals surface area (Å²) in [6.07, 6.45) is 0.533. The molecule has 2 nitrogen and oxygen atoms in total. The summed E-state index contributed by atoms with van der Waals surface area (Å²) in [7, 11) is 0. The van der Waals surface area contributed by atoms with Gasteiger partial charge < -0.3 is 4.74 Å². The first-order valence-electron chi connectivity index (χ1n) is 5.55. The van der Waals surface area contributed by atoms with Gasteiger partial charge in [0.15, 0.2) is 5.75 Å². The van der Waals surface area contributed by atoms with Crippen molar-refractivity contribution >= 4 is 0 Å². The normalized spacial score (nSPS) is 22.3. The molecule has 2 rings (SSSR count). The Hall–Kier alpha value is -1.84. The number of nitrogens with zero attached hydrogens (tertiary/aromatic N) is 1. The second-order valence-electron chi connectivity index (χ2n) is 4.22. The van der Waals surface area contributed by atoms with Crippen molar-refractivity contribution in [1.82, 2.24) is 0 Å². The predicted molar refractivity (Wildman–Crippen MR) is 53.6 cm³/mol. The third kappa shape index (κ3) is 2.23. The van der Waals surface area contributed by atoms with Crippen molar-refractivity contribution in [1.29, 1.82) is 5.26 Å². The Balaban J connectivity index is 2.38. The lowest BCUT2D eigenvalue weighted by molar-refractivity contribution is 0.160. The molecule has 1 saturated carbocycles. The van der Waals surface area contributed by atoms with Crippen LogP contribution < -0.4 is 4.74 Å². The van der Waals surface area contributed by atoms with E-state index in [4.69, 9.17) is 10.00 Å². The molecule has 1 aromatic carbocycles.